The van der Waals surface area contributed by atoms with Crippen LogP contribution in [0.2, 0.25) is 0 Å². The van der Waals surface area contributed by atoms with Gasteiger partial charge in [0.1, 0.15) is 17.7 Å². The highest BCUT2D eigenvalue weighted by atomic mass is 35.5. The van der Waals surface area contributed by atoms with E-state index >= 15 is 0 Å². The Balaban J connectivity index is 0.00000320. The first-order valence-corrected chi connectivity index (χ1v) is 14.0. The highest BCUT2D eigenvalue weighted by molar-refractivity contribution is 7.88. The number of amides is 2. The number of halogens is 2. The SMILES string of the molecule is CN1CCc2nc(C(=O)NC3CN(S(C)(=O)=O)CCN3NC(=O)c3cc4cc(F)ccc4[nH]3)sc2C1.Cl. The molecular weight excluding hydrogens is 545 g/mol. The number of H-pyrrole nitrogens is 1. The van der Waals surface area contributed by atoms with Crippen molar-refractivity contribution < 1.29 is 22.4 Å². The minimum absolute atomic E-state index is 0. The molecule has 0 bridgehead atoms. The van der Waals surface area contributed by atoms with E-state index < -0.39 is 33.8 Å². The molecule has 2 aliphatic rings. The Bertz CT molecular complexity index is 1440. The second-order valence-corrected chi connectivity index (χ2v) is 12.1. The lowest BCUT2D eigenvalue weighted by molar-refractivity contribution is 0.0350. The topological polar surface area (TPSA) is 131 Å². The van der Waals surface area contributed by atoms with Gasteiger partial charge >= 0.3 is 0 Å². The Kier molecular flexibility index (Phi) is 7.88. The zero-order valence-electron chi connectivity index (χ0n) is 20.2. The fourth-order valence-electron chi connectivity index (χ4n) is 4.37. The van der Waals surface area contributed by atoms with E-state index in [-0.39, 0.29) is 37.7 Å². The van der Waals surface area contributed by atoms with Crippen LogP contribution in [0, 0.1) is 5.82 Å². The van der Waals surface area contributed by atoms with Crippen molar-refractivity contribution >= 4 is 56.5 Å². The Morgan fingerprint density at radius 2 is 1.97 bits per heavy atom. The number of fused-ring (bicyclic) bond motifs is 2. The number of nitrogens with zero attached hydrogens (tertiary/aromatic N) is 4. The fraction of sp³-hybridized carbons (Fsp3) is 0.409. The van der Waals surface area contributed by atoms with Crippen LogP contribution in [0.5, 0.6) is 0 Å². The third kappa shape index (κ3) is 5.94. The number of nitrogens with one attached hydrogen (secondary N) is 3. The van der Waals surface area contributed by atoms with Gasteiger partial charge in [-0.3, -0.25) is 15.0 Å². The summed E-state index contributed by atoms with van der Waals surface area (Å²) >= 11 is 1.32. The van der Waals surface area contributed by atoms with Gasteiger partial charge in [0, 0.05) is 54.9 Å². The molecule has 37 heavy (non-hydrogen) atoms. The van der Waals surface area contributed by atoms with Crippen molar-refractivity contribution in [3.63, 3.8) is 0 Å². The molecule has 1 aromatic carbocycles. The first-order valence-electron chi connectivity index (χ1n) is 11.4. The van der Waals surface area contributed by atoms with Gasteiger partial charge in [0.05, 0.1) is 11.9 Å². The van der Waals surface area contributed by atoms with Gasteiger partial charge in [0.25, 0.3) is 11.8 Å². The van der Waals surface area contributed by atoms with Gasteiger partial charge in [-0.1, -0.05) is 0 Å². The summed E-state index contributed by atoms with van der Waals surface area (Å²) in [5, 5.41) is 5.20. The predicted octanol–water partition coefficient (Wildman–Crippen LogP) is 1.15. The number of carbonyl (C=O) groups excluding carboxylic acids is 2. The van der Waals surface area contributed by atoms with Crippen molar-refractivity contribution in [1.82, 2.24) is 34.9 Å². The van der Waals surface area contributed by atoms with E-state index in [1.54, 1.807) is 6.07 Å². The summed E-state index contributed by atoms with van der Waals surface area (Å²) in [5.41, 5.74) is 4.48. The summed E-state index contributed by atoms with van der Waals surface area (Å²) in [4.78, 5) is 36.7. The van der Waals surface area contributed by atoms with Crippen LogP contribution in [-0.2, 0) is 23.0 Å². The lowest BCUT2D eigenvalue weighted by Gasteiger charge is -2.40. The van der Waals surface area contributed by atoms with E-state index in [4.69, 9.17) is 0 Å². The number of sulfonamides is 1. The molecule has 3 aromatic rings. The Morgan fingerprint density at radius 1 is 1.19 bits per heavy atom. The summed E-state index contributed by atoms with van der Waals surface area (Å²) in [6.45, 7) is 1.84. The number of piperazine rings is 1. The van der Waals surface area contributed by atoms with Gasteiger partial charge in [-0.15, -0.1) is 23.7 Å². The third-order valence-corrected chi connectivity index (χ3v) is 8.65. The molecular formula is C22H27ClFN7O4S2. The second-order valence-electron chi connectivity index (χ2n) is 9.04. The van der Waals surface area contributed by atoms with Crippen LogP contribution in [0.3, 0.4) is 0 Å². The Morgan fingerprint density at radius 3 is 2.73 bits per heavy atom. The minimum Gasteiger partial charge on any atom is -0.350 e. The highest BCUT2D eigenvalue weighted by Gasteiger charge is 2.34. The van der Waals surface area contributed by atoms with Gasteiger partial charge in [-0.25, -0.2) is 17.8 Å². The van der Waals surface area contributed by atoms with Crippen molar-refractivity contribution in [3.05, 3.63) is 51.4 Å². The van der Waals surface area contributed by atoms with Crippen LogP contribution in [-0.4, -0.2) is 90.1 Å². The lowest BCUT2D eigenvalue weighted by atomic mass is 10.2. The zero-order chi connectivity index (χ0) is 25.6. The molecule has 2 aliphatic heterocycles. The first-order chi connectivity index (χ1) is 17.1. The molecule has 2 aromatic heterocycles. The number of aromatic nitrogens is 2. The standard InChI is InChI=1S/C22H26FN7O4S2.ClH/c1-28-6-5-16-18(11-28)35-22(25-16)21(32)26-19-12-29(36(2,33)34)7-8-30(19)27-20(31)17-10-13-9-14(23)3-4-15(13)24-17;/h3-4,9-10,19,24H,5-8,11-12H2,1-2H3,(H,26,32)(H,27,31);1H. The number of benzene rings is 1. The highest BCUT2D eigenvalue weighted by Crippen LogP contribution is 2.25. The summed E-state index contributed by atoms with van der Waals surface area (Å²) in [6.07, 6.45) is 1.04. The molecule has 2 amide bonds. The van der Waals surface area contributed by atoms with Gasteiger partial charge in [0.15, 0.2) is 5.01 Å². The van der Waals surface area contributed by atoms with Crippen molar-refractivity contribution in [2.45, 2.75) is 19.1 Å². The zero-order valence-corrected chi connectivity index (χ0v) is 22.6. The molecule has 0 aliphatic carbocycles. The van der Waals surface area contributed by atoms with E-state index in [9.17, 15) is 22.4 Å². The number of hydrogen-bond donors (Lipinski definition) is 3. The molecule has 11 nitrogen and oxygen atoms in total. The number of likely N-dealkylation sites (N-methyl/N-ethyl adjacent to an activating group) is 1. The number of carbonyl (C=O) groups is 2. The maximum Gasteiger partial charge on any atom is 0.282 e. The molecule has 0 saturated carbocycles. The Hall–Kier alpha value is -2.62. The van der Waals surface area contributed by atoms with Crippen LogP contribution in [0.4, 0.5) is 4.39 Å². The van der Waals surface area contributed by atoms with Crippen LogP contribution in [0.15, 0.2) is 24.3 Å². The molecule has 1 fully saturated rings. The third-order valence-electron chi connectivity index (χ3n) is 6.30. The van der Waals surface area contributed by atoms with E-state index in [1.165, 1.54) is 38.9 Å². The summed E-state index contributed by atoms with van der Waals surface area (Å²) in [6, 6.07) is 5.69. The monoisotopic (exact) mass is 571 g/mol. The van der Waals surface area contributed by atoms with E-state index in [0.717, 1.165) is 36.3 Å². The summed E-state index contributed by atoms with van der Waals surface area (Å²) in [7, 11) is -1.50. The average Bonchev–Trinajstić information content (AvgIpc) is 3.43. The van der Waals surface area contributed by atoms with Crippen LogP contribution in [0.25, 0.3) is 10.9 Å². The number of hydrazine groups is 1. The van der Waals surface area contributed by atoms with E-state index in [0.29, 0.717) is 15.9 Å². The smallest absolute Gasteiger partial charge is 0.282 e. The van der Waals surface area contributed by atoms with Crippen LogP contribution in [0.1, 0.15) is 30.9 Å². The molecule has 1 atom stereocenters. The van der Waals surface area contributed by atoms with Crippen molar-refractivity contribution in [2.24, 2.45) is 0 Å². The molecule has 15 heteroatoms. The minimum atomic E-state index is -3.51. The number of hydrogen-bond acceptors (Lipinski definition) is 8. The second kappa shape index (κ2) is 10.6. The van der Waals surface area contributed by atoms with E-state index in [1.807, 2.05) is 7.05 Å². The van der Waals surface area contributed by atoms with E-state index in [2.05, 4.69) is 25.6 Å². The number of aromatic amines is 1. The predicted molar refractivity (Wildman–Crippen MR) is 139 cm³/mol. The van der Waals surface area contributed by atoms with Gasteiger partial charge < -0.3 is 15.2 Å². The normalized spacial score (nSPS) is 19.3. The van der Waals surface area contributed by atoms with Gasteiger partial charge in [0.2, 0.25) is 10.0 Å². The molecule has 1 unspecified atom stereocenters. The maximum atomic E-state index is 13.5. The lowest BCUT2D eigenvalue weighted by Crippen LogP contribution is -2.65. The van der Waals surface area contributed by atoms with Crippen molar-refractivity contribution in [3.8, 4) is 0 Å². The molecule has 200 valence electrons. The Labute approximate surface area is 223 Å². The average molecular weight is 572 g/mol. The first kappa shape index (κ1) is 27.4. The summed E-state index contributed by atoms with van der Waals surface area (Å²) in [5.74, 6) is -1.34. The molecule has 1 saturated heterocycles. The largest absolute Gasteiger partial charge is 0.350 e. The quantitative estimate of drug-likeness (QED) is 0.419. The van der Waals surface area contributed by atoms with Crippen molar-refractivity contribution in [2.75, 3.05) is 39.5 Å². The fourth-order valence-corrected chi connectivity index (χ4v) is 6.28. The van der Waals surface area contributed by atoms with Gasteiger partial charge in [-0.05, 0) is 31.3 Å². The molecule has 0 spiro atoms. The molecule has 5 rings (SSSR count). The summed E-state index contributed by atoms with van der Waals surface area (Å²) < 4.78 is 39.2. The van der Waals surface area contributed by atoms with Crippen molar-refractivity contribution in [1.29, 1.82) is 0 Å². The molecule has 0 radical (unpaired) electrons. The number of thiazole rings is 1. The maximum absolute atomic E-state index is 13.5. The van der Waals surface area contributed by atoms with Gasteiger partial charge in [-0.2, -0.15) is 9.31 Å². The number of rotatable bonds is 5. The molecule has 3 N–H and O–H groups in total. The molecule has 4 heterocycles. The van der Waals surface area contributed by atoms with Crippen LogP contribution < -0.4 is 10.7 Å². The van der Waals surface area contributed by atoms with Crippen LogP contribution >= 0.6 is 23.7 Å².